The van der Waals surface area contributed by atoms with E-state index in [1.807, 2.05) is 20.8 Å². The molecule has 1 rings (SSSR count). The van der Waals surface area contributed by atoms with Crippen molar-refractivity contribution in [1.82, 2.24) is 10.6 Å². The summed E-state index contributed by atoms with van der Waals surface area (Å²) < 4.78 is 9.97. The monoisotopic (exact) mass is 286 g/mol. The Morgan fingerprint density at radius 1 is 1.35 bits per heavy atom. The zero-order valence-electron chi connectivity index (χ0n) is 12.8. The number of rotatable bonds is 4. The molecule has 0 bridgehead atoms. The minimum Gasteiger partial charge on any atom is -0.468 e. The van der Waals surface area contributed by atoms with E-state index in [4.69, 9.17) is 9.47 Å². The van der Waals surface area contributed by atoms with Crippen molar-refractivity contribution in [2.75, 3.05) is 20.2 Å². The lowest BCUT2D eigenvalue weighted by molar-refractivity contribution is -0.145. The Morgan fingerprint density at radius 2 is 2.05 bits per heavy atom. The minimum atomic E-state index is -0.495. The first-order valence-electron chi connectivity index (χ1n) is 7.11. The van der Waals surface area contributed by atoms with Crippen LogP contribution < -0.4 is 10.6 Å². The Balaban J connectivity index is 2.35. The first-order chi connectivity index (χ1) is 9.33. The molecule has 1 aliphatic rings. The molecule has 20 heavy (non-hydrogen) atoms. The van der Waals surface area contributed by atoms with Gasteiger partial charge in [-0.3, -0.25) is 4.79 Å². The SMILES string of the molecule is COC(=O)C1NCCCC1CCNC(=O)OC(C)(C)C. The van der Waals surface area contributed by atoms with Gasteiger partial charge in [-0.25, -0.2) is 4.79 Å². The zero-order valence-corrected chi connectivity index (χ0v) is 12.8. The summed E-state index contributed by atoms with van der Waals surface area (Å²) in [6.07, 6.45) is 2.30. The molecular weight excluding hydrogens is 260 g/mol. The molecule has 0 radical (unpaired) electrons. The summed E-state index contributed by atoms with van der Waals surface area (Å²) in [5, 5.41) is 5.90. The van der Waals surface area contributed by atoms with Crippen molar-refractivity contribution in [3.63, 3.8) is 0 Å². The molecule has 6 nitrogen and oxygen atoms in total. The number of alkyl carbamates (subject to hydrolysis) is 1. The van der Waals surface area contributed by atoms with Crippen LogP contribution in [0.5, 0.6) is 0 Å². The van der Waals surface area contributed by atoms with Gasteiger partial charge in [-0.15, -0.1) is 0 Å². The number of methoxy groups -OCH3 is 1. The molecule has 0 aromatic rings. The highest BCUT2D eigenvalue weighted by Gasteiger charge is 2.31. The summed E-state index contributed by atoms with van der Waals surface area (Å²) in [6.45, 7) is 6.80. The topological polar surface area (TPSA) is 76.7 Å². The van der Waals surface area contributed by atoms with Crippen LogP contribution in [0, 0.1) is 5.92 Å². The molecule has 2 unspecified atom stereocenters. The number of ether oxygens (including phenoxy) is 2. The standard InChI is InChI=1S/C14H26N2O4/c1-14(2,3)20-13(18)16-9-7-10-6-5-8-15-11(10)12(17)19-4/h10-11,15H,5-9H2,1-4H3,(H,16,18). The van der Waals surface area contributed by atoms with Gasteiger partial charge in [0.25, 0.3) is 0 Å². The van der Waals surface area contributed by atoms with Crippen LogP contribution in [0.25, 0.3) is 0 Å². The molecule has 116 valence electrons. The molecular formula is C14H26N2O4. The number of nitrogens with one attached hydrogen (secondary N) is 2. The number of piperidine rings is 1. The number of esters is 1. The van der Waals surface area contributed by atoms with Crippen molar-refractivity contribution in [3.05, 3.63) is 0 Å². The van der Waals surface area contributed by atoms with Crippen LogP contribution in [0.1, 0.15) is 40.0 Å². The smallest absolute Gasteiger partial charge is 0.407 e. The number of hydrogen-bond acceptors (Lipinski definition) is 5. The van der Waals surface area contributed by atoms with Gasteiger partial charge in [-0.2, -0.15) is 0 Å². The Kier molecular flexibility index (Phi) is 6.26. The minimum absolute atomic E-state index is 0.186. The lowest BCUT2D eigenvalue weighted by Gasteiger charge is -2.30. The van der Waals surface area contributed by atoms with Crippen LogP contribution in [0.3, 0.4) is 0 Å². The van der Waals surface area contributed by atoms with Gasteiger partial charge in [0.1, 0.15) is 11.6 Å². The molecule has 1 saturated heterocycles. The van der Waals surface area contributed by atoms with Gasteiger partial charge < -0.3 is 20.1 Å². The molecule has 0 saturated carbocycles. The number of carbonyl (C=O) groups is 2. The summed E-state index contributed by atoms with van der Waals surface area (Å²) >= 11 is 0. The molecule has 0 aliphatic carbocycles. The van der Waals surface area contributed by atoms with E-state index < -0.39 is 11.7 Å². The van der Waals surface area contributed by atoms with Crippen molar-refractivity contribution < 1.29 is 19.1 Å². The Hall–Kier alpha value is -1.30. The maximum atomic E-state index is 11.7. The van der Waals surface area contributed by atoms with E-state index in [9.17, 15) is 9.59 Å². The van der Waals surface area contributed by atoms with Crippen LogP contribution in [0.2, 0.25) is 0 Å². The average molecular weight is 286 g/mol. The van der Waals surface area contributed by atoms with Crippen LogP contribution in [0.4, 0.5) is 4.79 Å². The third-order valence-corrected chi connectivity index (χ3v) is 3.23. The normalized spacial score (nSPS) is 23.0. The summed E-state index contributed by atoms with van der Waals surface area (Å²) in [7, 11) is 1.40. The molecule has 1 amide bonds. The fourth-order valence-electron chi connectivity index (χ4n) is 2.34. The third kappa shape index (κ3) is 5.77. The number of hydrogen-bond donors (Lipinski definition) is 2. The van der Waals surface area contributed by atoms with Crippen LogP contribution in [0.15, 0.2) is 0 Å². The molecule has 2 atom stereocenters. The zero-order chi connectivity index (χ0) is 15.2. The van der Waals surface area contributed by atoms with E-state index in [1.54, 1.807) is 0 Å². The van der Waals surface area contributed by atoms with Gasteiger partial charge in [-0.1, -0.05) is 0 Å². The van der Waals surface area contributed by atoms with E-state index in [1.165, 1.54) is 7.11 Å². The van der Waals surface area contributed by atoms with Gasteiger partial charge in [0.2, 0.25) is 0 Å². The van der Waals surface area contributed by atoms with E-state index >= 15 is 0 Å². The fourth-order valence-corrected chi connectivity index (χ4v) is 2.34. The van der Waals surface area contributed by atoms with Crippen LogP contribution in [-0.2, 0) is 14.3 Å². The summed E-state index contributed by atoms with van der Waals surface area (Å²) in [4.78, 5) is 23.2. The predicted molar refractivity (Wildman–Crippen MR) is 75.4 cm³/mol. The Labute approximate surface area is 120 Å². The van der Waals surface area contributed by atoms with Gasteiger partial charge >= 0.3 is 12.1 Å². The van der Waals surface area contributed by atoms with E-state index in [0.717, 1.165) is 25.8 Å². The summed E-state index contributed by atoms with van der Waals surface area (Å²) in [6, 6.07) is -0.269. The second-order valence-corrected chi connectivity index (χ2v) is 6.07. The molecule has 0 aromatic carbocycles. The van der Waals surface area contributed by atoms with Gasteiger partial charge in [0, 0.05) is 6.54 Å². The maximum Gasteiger partial charge on any atom is 0.407 e. The molecule has 0 spiro atoms. The van der Waals surface area contributed by atoms with Crippen LogP contribution in [-0.4, -0.2) is 43.9 Å². The molecule has 1 fully saturated rings. The van der Waals surface area contributed by atoms with E-state index in [2.05, 4.69) is 10.6 Å². The number of amides is 1. The lowest BCUT2D eigenvalue weighted by atomic mass is 9.88. The summed E-state index contributed by atoms with van der Waals surface area (Å²) in [5.74, 6) is -0.0434. The average Bonchev–Trinajstić information content (AvgIpc) is 2.36. The van der Waals surface area contributed by atoms with Gasteiger partial charge in [0.15, 0.2) is 0 Å². The fraction of sp³-hybridized carbons (Fsp3) is 0.857. The lowest BCUT2D eigenvalue weighted by Crippen LogP contribution is -2.48. The molecule has 6 heteroatoms. The maximum absolute atomic E-state index is 11.7. The molecule has 2 N–H and O–H groups in total. The van der Waals surface area contributed by atoms with Crippen molar-refractivity contribution in [2.24, 2.45) is 5.92 Å². The highest BCUT2D eigenvalue weighted by atomic mass is 16.6. The van der Waals surface area contributed by atoms with E-state index in [-0.39, 0.29) is 17.9 Å². The Bertz CT molecular complexity index is 339. The summed E-state index contributed by atoms with van der Waals surface area (Å²) in [5.41, 5.74) is -0.495. The molecule has 1 heterocycles. The first kappa shape index (κ1) is 16.8. The van der Waals surface area contributed by atoms with Crippen molar-refractivity contribution in [2.45, 2.75) is 51.7 Å². The van der Waals surface area contributed by atoms with Gasteiger partial charge in [0.05, 0.1) is 7.11 Å². The molecule has 1 aliphatic heterocycles. The second-order valence-electron chi connectivity index (χ2n) is 6.07. The quantitative estimate of drug-likeness (QED) is 0.765. The second kappa shape index (κ2) is 7.47. The van der Waals surface area contributed by atoms with Crippen LogP contribution >= 0.6 is 0 Å². The molecule has 0 aromatic heterocycles. The highest BCUT2D eigenvalue weighted by Crippen LogP contribution is 2.20. The van der Waals surface area contributed by atoms with Crippen molar-refractivity contribution in [3.8, 4) is 0 Å². The Morgan fingerprint density at radius 3 is 2.65 bits per heavy atom. The largest absolute Gasteiger partial charge is 0.468 e. The van der Waals surface area contributed by atoms with E-state index in [0.29, 0.717) is 6.54 Å². The predicted octanol–water partition coefficient (Wildman–Crippen LogP) is 1.44. The number of carbonyl (C=O) groups excluding carboxylic acids is 2. The van der Waals surface area contributed by atoms with Crippen molar-refractivity contribution >= 4 is 12.1 Å². The highest BCUT2D eigenvalue weighted by molar-refractivity contribution is 5.76. The third-order valence-electron chi connectivity index (χ3n) is 3.23. The first-order valence-corrected chi connectivity index (χ1v) is 7.11. The van der Waals surface area contributed by atoms with Crippen molar-refractivity contribution in [1.29, 1.82) is 0 Å². The van der Waals surface area contributed by atoms with Gasteiger partial charge in [-0.05, 0) is 52.5 Å².